The second-order valence-corrected chi connectivity index (χ2v) is 5.71. The average molecular weight is 246 g/mol. The fraction of sp³-hybridized carbons (Fsp3) is 0.667. The third kappa shape index (κ3) is 3.16. The molecule has 0 aromatic carbocycles. The van der Waals surface area contributed by atoms with Crippen molar-refractivity contribution in [2.24, 2.45) is 17.3 Å². The van der Waals surface area contributed by atoms with Crippen molar-refractivity contribution < 1.29 is 0 Å². The molecule has 0 heterocycles. The lowest BCUT2D eigenvalue weighted by atomic mass is 9.59. The first-order valence-corrected chi connectivity index (χ1v) is 7.60. The lowest BCUT2D eigenvalue weighted by Gasteiger charge is -2.46. The van der Waals surface area contributed by atoms with Crippen LogP contribution >= 0.6 is 0 Å². The van der Waals surface area contributed by atoms with E-state index in [0.717, 1.165) is 12.3 Å². The Bertz CT molecular complexity index is 321. The van der Waals surface area contributed by atoms with Crippen LogP contribution in [-0.4, -0.2) is 0 Å². The van der Waals surface area contributed by atoms with Gasteiger partial charge in [-0.3, -0.25) is 0 Å². The van der Waals surface area contributed by atoms with E-state index in [9.17, 15) is 0 Å². The molecule has 0 nitrogen and oxygen atoms in total. The Hall–Kier alpha value is -0.780. The quantitative estimate of drug-likeness (QED) is 0.466. The number of hydrogen-bond donors (Lipinski definition) is 0. The van der Waals surface area contributed by atoms with Crippen LogP contribution in [0.3, 0.4) is 0 Å². The van der Waals surface area contributed by atoms with Crippen molar-refractivity contribution in [2.75, 3.05) is 0 Å². The Kier molecular flexibility index (Phi) is 5.91. The highest BCUT2D eigenvalue weighted by Gasteiger charge is 2.40. The molecule has 0 radical (unpaired) electrons. The van der Waals surface area contributed by atoms with Crippen LogP contribution in [0.2, 0.25) is 0 Å². The van der Waals surface area contributed by atoms with Gasteiger partial charge in [-0.15, -0.1) is 0 Å². The Labute approximate surface area is 114 Å². The number of rotatable bonds is 8. The summed E-state index contributed by atoms with van der Waals surface area (Å²) < 4.78 is 0. The van der Waals surface area contributed by atoms with E-state index in [1.807, 2.05) is 0 Å². The fourth-order valence-electron chi connectivity index (χ4n) is 3.26. The van der Waals surface area contributed by atoms with Gasteiger partial charge >= 0.3 is 0 Å². The summed E-state index contributed by atoms with van der Waals surface area (Å²) in [5.41, 5.74) is 1.86. The van der Waals surface area contributed by atoms with Crippen molar-refractivity contribution in [3.05, 3.63) is 36.5 Å². The van der Waals surface area contributed by atoms with E-state index in [-0.39, 0.29) is 0 Å². The van der Waals surface area contributed by atoms with Crippen LogP contribution in [0.25, 0.3) is 0 Å². The van der Waals surface area contributed by atoms with Crippen molar-refractivity contribution in [3.8, 4) is 0 Å². The molecule has 0 aromatic rings. The molecular weight excluding hydrogens is 216 g/mol. The highest BCUT2D eigenvalue weighted by molar-refractivity contribution is 5.18. The van der Waals surface area contributed by atoms with E-state index < -0.39 is 0 Å². The van der Waals surface area contributed by atoms with E-state index in [1.54, 1.807) is 0 Å². The minimum absolute atomic E-state index is 0.443. The van der Waals surface area contributed by atoms with E-state index in [0.29, 0.717) is 11.3 Å². The Balaban J connectivity index is 2.93. The standard InChI is InChI=1S/C18H30/c1-6-11-16(8-3)17(14-15(5)7-2)18(9-4)12-10-13-18/h6,10-12,16-17H,5,7-9,13-14H2,1-4H3/b11-6+. The van der Waals surface area contributed by atoms with Gasteiger partial charge in [-0.25, -0.2) is 0 Å². The first-order valence-electron chi connectivity index (χ1n) is 7.60. The smallest absolute Gasteiger partial charge is 0.00495 e. The van der Waals surface area contributed by atoms with Crippen LogP contribution in [0.5, 0.6) is 0 Å². The lowest BCUT2D eigenvalue weighted by Crippen LogP contribution is -2.36. The number of hydrogen-bond acceptors (Lipinski definition) is 0. The molecule has 0 aromatic heterocycles. The molecule has 0 N–H and O–H groups in total. The summed E-state index contributed by atoms with van der Waals surface area (Å²) in [5, 5.41) is 0. The minimum atomic E-state index is 0.443. The van der Waals surface area contributed by atoms with Crippen molar-refractivity contribution in [1.29, 1.82) is 0 Å². The predicted molar refractivity (Wildman–Crippen MR) is 82.6 cm³/mol. The largest absolute Gasteiger partial charge is 0.0999 e. The molecule has 1 aliphatic carbocycles. The SMILES string of the molecule is C=C(CC)CC(C(/C=C/C)CC)C1(CC)C=CC1. The Morgan fingerprint density at radius 3 is 2.39 bits per heavy atom. The van der Waals surface area contributed by atoms with Gasteiger partial charge in [-0.1, -0.05) is 57.2 Å². The summed E-state index contributed by atoms with van der Waals surface area (Å²) in [4.78, 5) is 0. The molecule has 0 bridgehead atoms. The second kappa shape index (κ2) is 6.97. The maximum absolute atomic E-state index is 4.25. The zero-order valence-electron chi connectivity index (χ0n) is 12.7. The molecule has 3 atom stereocenters. The van der Waals surface area contributed by atoms with Gasteiger partial charge in [0, 0.05) is 0 Å². The molecule has 0 fully saturated rings. The lowest BCUT2D eigenvalue weighted by molar-refractivity contribution is 0.145. The third-order valence-electron chi connectivity index (χ3n) is 4.78. The summed E-state index contributed by atoms with van der Waals surface area (Å²) >= 11 is 0. The molecule has 102 valence electrons. The topological polar surface area (TPSA) is 0 Å². The van der Waals surface area contributed by atoms with Crippen LogP contribution in [0.4, 0.5) is 0 Å². The summed E-state index contributed by atoms with van der Waals surface area (Å²) in [6.45, 7) is 13.3. The zero-order chi connectivity index (χ0) is 13.6. The molecule has 3 unspecified atom stereocenters. The zero-order valence-corrected chi connectivity index (χ0v) is 12.7. The van der Waals surface area contributed by atoms with Gasteiger partial charge in [0.2, 0.25) is 0 Å². The van der Waals surface area contributed by atoms with Gasteiger partial charge in [0.25, 0.3) is 0 Å². The third-order valence-corrected chi connectivity index (χ3v) is 4.78. The maximum atomic E-state index is 4.25. The summed E-state index contributed by atoms with van der Waals surface area (Å²) in [7, 11) is 0. The van der Waals surface area contributed by atoms with E-state index in [4.69, 9.17) is 0 Å². The highest BCUT2D eigenvalue weighted by Crippen LogP contribution is 2.50. The maximum Gasteiger partial charge on any atom is -0.00495 e. The fourth-order valence-corrected chi connectivity index (χ4v) is 3.26. The van der Waals surface area contributed by atoms with Gasteiger partial charge in [0.1, 0.15) is 0 Å². The molecule has 0 spiro atoms. The van der Waals surface area contributed by atoms with Crippen LogP contribution in [-0.2, 0) is 0 Å². The number of allylic oxidation sites excluding steroid dienone is 5. The van der Waals surface area contributed by atoms with Crippen molar-refractivity contribution in [3.63, 3.8) is 0 Å². The monoisotopic (exact) mass is 246 g/mol. The first-order chi connectivity index (χ1) is 8.63. The molecule has 0 heteroatoms. The molecule has 1 aliphatic rings. The van der Waals surface area contributed by atoms with Gasteiger partial charge in [0.15, 0.2) is 0 Å². The molecule has 0 saturated heterocycles. The van der Waals surface area contributed by atoms with Crippen molar-refractivity contribution in [1.82, 2.24) is 0 Å². The summed E-state index contributed by atoms with van der Waals surface area (Å²) in [6.07, 6.45) is 15.5. The van der Waals surface area contributed by atoms with Gasteiger partial charge in [-0.05, 0) is 56.3 Å². The normalized spacial score (nSPS) is 26.0. The molecule has 0 amide bonds. The Morgan fingerprint density at radius 2 is 2.06 bits per heavy atom. The predicted octanol–water partition coefficient (Wildman–Crippen LogP) is 5.92. The second-order valence-electron chi connectivity index (χ2n) is 5.71. The average Bonchev–Trinajstić information content (AvgIpc) is 2.34. The first kappa shape index (κ1) is 15.3. The van der Waals surface area contributed by atoms with Crippen molar-refractivity contribution >= 4 is 0 Å². The minimum Gasteiger partial charge on any atom is -0.0999 e. The van der Waals surface area contributed by atoms with E-state index in [2.05, 4.69) is 58.6 Å². The molecule has 0 saturated carbocycles. The van der Waals surface area contributed by atoms with E-state index in [1.165, 1.54) is 31.3 Å². The molecular formula is C18H30. The summed E-state index contributed by atoms with van der Waals surface area (Å²) in [5.74, 6) is 1.43. The van der Waals surface area contributed by atoms with Crippen LogP contribution in [0, 0.1) is 17.3 Å². The van der Waals surface area contributed by atoms with Gasteiger partial charge in [-0.2, -0.15) is 0 Å². The van der Waals surface area contributed by atoms with E-state index >= 15 is 0 Å². The molecule has 0 aliphatic heterocycles. The van der Waals surface area contributed by atoms with Crippen LogP contribution in [0.1, 0.15) is 59.8 Å². The van der Waals surface area contributed by atoms with Gasteiger partial charge < -0.3 is 0 Å². The molecule has 18 heavy (non-hydrogen) atoms. The van der Waals surface area contributed by atoms with Crippen LogP contribution < -0.4 is 0 Å². The van der Waals surface area contributed by atoms with Gasteiger partial charge in [0.05, 0.1) is 0 Å². The molecule has 1 rings (SSSR count). The Morgan fingerprint density at radius 1 is 1.39 bits per heavy atom. The van der Waals surface area contributed by atoms with Crippen LogP contribution in [0.15, 0.2) is 36.5 Å². The highest BCUT2D eigenvalue weighted by atomic mass is 14.4. The van der Waals surface area contributed by atoms with Crippen molar-refractivity contribution in [2.45, 2.75) is 59.8 Å². The summed E-state index contributed by atoms with van der Waals surface area (Å²) in [6, 6.07) is 0.